The Morgan fingerprint density at radius 3 is 2.70 bits per heavy atom. The summed E-state index contributed by atoms with van der Waals surface area (Å²) in [6.07, 6.45) is 4.27. The first-order chi connectivity index (χ1) is 11.3. The smallest absolute Gasteiger partial charge is 0.141 e. The Bertz CT molecular complexity index is 961. The third-order valence-corrected chi connectivity index (χ3v) is 3.90. The Hall–Kier alpha value is -3.14. The van der Waals surface area contributed by atoms with Crippen molar-refractivity contribution in [1.82, 2.24) is 15.0 Å². The van der Waals surface area contributed by atoms with Gasteiger partial charge in [-0.25, -0.2) is 4.98 Å². The van der Waals surface area contributed by atoms with E-state index in [1.807, 2.05) is 54.7 Å². The van der Waals surface area contributed by atoms with Crippen LogP contribution in [-0.2, 0) is 6.42 Å². The molecule has 2 aromatic heterocycles. The second-order valence-electron chi connectivity index (χ2n) is 5.42. The van der Waals surface area contributed by atoms with Crippen LogP contribution in [0.3, 0.4) is 0 Å². The van der Waals surface area contributed by atoms with Crippen molar-refractivity contribution in [3.63, 3.8) is 0 Å². The van der Waals surface area contributed by atoms with Gasteiger partial charge in [-0.1, -0.05) is 42.5 Å². The SMILES string of the molecule is Oc1ccc(Cc2nc(-c3ccccc3)c[nH]2)c2cccnc12. The van der Waals surface area contributed by atoms with E-state index in [1.54, 1.807) is 12.3 Å². The molecule has 4 aromatic rings. The molecular weight excluding hydrogens is 286 g/mol. The molecule has 2 N–H and O–H groups in total. The van der Waals surface area contributed by atoms with E-state index in [0.717, 1.165) is 28.0 Å². The topological polar surface area (TPSA) is 61.8 Å². The molecule has 4 rings (SSSR count). The highest BCUT2D eigenvalue weighted by atomic mass is 16.3. The van der Waals surface area contributed by atoms with E-state index in [0.29, 0.717) is 11.9 Å². The highest BCUT2D eigenvalue weighted by molar-refractivity contribution is 5.87. The number of phenols is 1. The first-order valence-electron chi connectivity index (χ1n) is 7.46. The summed E-state index contributed by atoms with van der Waals surface area (Å²) in [4.78, 5) is 12.2. The van der Waals surface area contributed by atoms with Crippen LogP contribution in [0.25, 0.3) is 22.2 Å². The van der Waals surface area contributed by atoms with Crippen LogP contribution < -0.4 is 0 Å². The summed E-state index contributed by atoms with van der Waals surface area (Å²) < 4.78 is 0. The van der Waals surface area contributed by atoms with Gasteiger partial charge < -0.3 is 10.1 Å². The minimum Gasteiger partial charge on any atom is -0.506 e. The van der Waals surface area contributed by atoms with E-state index in [2.05, 4.69) is 15.0 Å². The second-order valence-corrected chi connectivity index (χ2v) is 5.42. The normalized spacial score (nSPS) is 11.0. The average Bonchev–Trinajstić information content (AvgIpc) is 3.07. The van der Waals surface area contributed by atoms with Gasteiger partial charge in [0.05, 0.1) is 5.69 Å². The van der Waals surface area contributed by atoms with Crippen molar-refractivity contribution in [1.29, 1.82) is 0 Å². The van der Waals surface area contributed by atoms with Gasteiger partial charge in [-0.3, -0.25) is 4.98 Å². The quantitative estimate of drug-likeness (QED) is 0.603. The molecule has 0 spiro atoms. The largest absolute Gasteiger partial charge is 0.506 e. The number of aromatic amines is 1. The molecule has 0 aliphatic carbocycles. The zero-order valence-electron chi connectivity index (χ0n) is 12.4. The molecule has 112 valence electrons. The molecular formula is C19H15N3O. The monoisotopic (exact) mass is 301 g/mol. The van der Waals surface area contributed by atoms with Gasteiger partial charge in [0.15, 0.2) is 0 Å². The molecule has 0 bridgehead atoms. The molecule has 2 heterocycles. The molecule has 0 amide bonds. The number of aromatic hydroxyl groups is 1. The maximum absolute atomic E-state index is 9.93. The molecule has 0 unspecified atom stereocenters. The van der Waals surface area contributed by atoms with Crippen molar-refractivity contribution in [2.45, 2.75) is 6.42 Å². The number of pyridine rings is 1. The molecule has 4 nitrogen and oxygen atoms in total. The van der Waals surface area contributed by atoms with Gasteiger partial charge in [0.2, 0.25) is 0 Å². The maximum Gasteiger partial charge on any atom is 0.141 e. The van der Waals surface area contributed by atoms with Gasteiger partial charge in [-0.2, -0.15) is 0 Å². The third-order valence-electron chi connectivity index (χ3n) is 3.90. The van der Waals surface area contributed by atoms with Gasteiger partial charge in [0.25, 0.3) is 0 Å². The number of fused-ring (bicyclic) bond motifs is 1. The summed E-state index contributed by atoms with van der Waals surface area (Å²) in [5.74, 6) is 1.09. The van der Waals surface area contributed by atoms with Crippen LogP contribution in [-0.4, -0.2) is 20.1 Å². The summed E-state index contributed by atoms with van der Waals surface area (Å²) in [5.41, 5.74) is 3.73. The van der Waals surface area contributed by atoms with E-state index in [1.165, 1.54) is 0 Å². The van der Waals surface area contributed by atoms with E-state index in [9.17, 15) is 5.11 Å². The molecule has 0 aliphatic heterocycles. The lowest BCUT2D eigenvalue weighted by Gasteiger charge is -2.06. The van der Waals surface area contributed by atoms with Crippen molar-refractivity contribution in [3.05, 3.63) is 78.4 Å². The van der Waals surface area contributed by atoms with E-state index in [-0.39, 0.29) is 5.75 Å². The van der Waals surface area contributed by atoms with E-state index >= 15 is 0 Å². The minimum atomic E-state index is 0.203. The lowest BCUT2D eigenvalue weighted by atomic mass is 10.0. The van der Waals surface area contributed by atoms with E-state index in [4.69, 9.17) is 0 Å². The zero-order valence-corrected chi connectivity index (χ0v) is 12.4. The van der Waals surface area contributed by atoms with Gasteiger partial charge in [0, 0.05) is 29.8 Å². The molecule has 2 aromatic carbocycles. The fourth-order valence-corrected chi connectivity index (χ4v) is 2.76. The molecule has 0 atom stereocenters. The number of nitrogens with one attached hydrogen (secondary N) is 1. The van der Waals surface area contributed by atoms with Crippen LogP contribution in [0.2, 0.25) is 0 Å². The number of hydrogen-bond acceptors (Lipinski definition) is 3. The van der Waals surface area contributed by atoms with Gasteiger partial charge in [-0.15, -0.1) is 0 Å². The predicted molar refractivity (Wildman–Crippen MR) is 90.2 cm³/mol. The second kappa shape index (κ2) is 5.57. The first kappa shape index (κ1) is 13.5. The van der Waals surface area contributed by atoms with Crippen molar-refractivity contribution in [2.24, 2.45) is 0 Å². The minimum absolute atomic E-state index is 0.203. The van der Waals surface area contributed by atoms with Gasteiger partial charge >= 0.3 is 0 Å². The Labute approximate surface area is 133 Å². The number of rotatable bonds is 3. The Kier molecular flexibility index (Phi) is 3.27. The van der Waals surface area contributed by atoms with Crippen molar-refractivity contribution >= 4 is 10.9 Å². The molecule has 4 heteroatoms. The fraction of sp³-hybridized carbons (Fsp3) is 0.0526. The number of aromatic nitrogens is 3. The number of benzene rings is 2. The van der Waals surface area contributed by atoms with Crippen molar-refractivity contribution in [2.75, 3.05) is 0 Å². The number of hydrogen-bond donors (Lipinski definition) is 2. The van der Waals surface area contributed by atoms with Crippen LogP contribution in [0.4, 0.5) is 0 Å². The summed E-state index contributed by atoms with van der Waals surface area (Å²) >= 11 is 0. The van der Waals surface area contributed by atoms with Gasteiger partial charge in [0.1, 0.15) is 17.1 Å². The summed E-state index contributed by atoms with van der Waals surface area (Å²) in [6, 6.07) is 17.5. The lowest BCUT2D eigenvalue weighted by molar-refractivity contribution is 0.480. The fourth-order valence-electron chi connectivity index (χ4n) is 2.76. The zero-order chi connectivity index (χ0) is 15.6. The van der Waals surface area contributed by atoms with E-state index < -0.39 is 0 Å². The number of imidazole rings is 1. The average molecular weight is 301 g/mol. The summed E-state index contributed by atoms with van der Waals surface area (Å²) in [6.45, 7) is 0. The molecule has 23 heavy (non-hydrogen) atoms. The van der Waals surface area contributed by atoms with Crippen LogP contribution in [0.5, 0.6) is 5.75 Å². The molecule has 0 aliphatic rings. The molecule has 0 fully saturated rings. The number of H-pyrrole nitrogens is 1. The predicted octanol–water partition coefficient (Wildman–Crippen LogP) is 3.92. The van der Waals surface area contributed by atoms with Gasteiger partial charge in [-0.05, 0) is 17.7 Å². The van der Waals surface area contributed by atoms with Crippen LogP contribution in [0, 0.1) is 0 Å². The van der Waals surface area contributed by atoms with Crippen LogP contribution >= 0.6 is 0 Å². The highest BCUT2D eigenvalue weighted by Crippen LogP contribution is 2.27. The lowest BCUT2D eigenvalue weighted by Crippen LogP contribution is -1.93. The summed E-state index contributed by atoms with van der Waals surface area (Å²) in [5, 5.41) is 10.9. The summed E-state index contributed by atoms with van der Waals surface area (Å²) in [7, 11) is 0. The highest BCUT2D eigenvalue weighted by Gasteiger charge is 2.09. The number of nitrogens with zero attached hydrogens (tertiary/aromatic N) is 2. The van der Waals surface area contributed by atoms with Crippen LogP contribution in [0.15, 0.2) is 67.0 Å². The van der Waals surface area contributed by atoms with Crippen molar-refractivity contribution < 1.29 is 5.11 Å². The standard InChI is InChI=1S/C19H15N3O/c23-17-9-8-14(15-7-4-10-20-19(15)17)11-18-21-12-16(22-18)13-5-2-1-3-6-13/h1-10,12,23H,11H2,(H,21,22). The Morgan fingerprint density at radius 2 is 1.83 bits per heavy atom. The van der Waals surface area contributed by atoms with Crippen molar-refractivity contribution in [3.8, 4) is 17.0 Å². The molecule has 0 radical (unpaired) electrons. The first-order valence-corrected chi connectivity index (χ1v) is 7.46. The molecule has 0 saturated heterocycles. The number of phenolic OH excluding ortho intramolecular Hbond substituents is 1. The molecule has 0 saturated carbocycles. The Balaban J connectivity index is 1.70. The maximum atomic E-state index is 9.93. The van der Waals surface area contributed by atoms with Crippen LogP contribution in [0.1, 0.15) is 11.4 Å². The Morgan fingerprint density at radius 1 is 0.957 bits per heavy atom. The third kappa shape index (κ3) is 2.55.